The number of nitrogens with one attached hydrogen (secondary N) is 1. The number of hydrogen-bond donors (Lipinski definition) is 1. The molecule has 2 rings (SSSR count). The number of benzene rings is 2. The van der Waals surface area contributed by atoms with Crippen molar-refractivity contribution in [2.45, 2.75) is 25.9 Å². The Labute approximate surface area is 126 Å². The Balaban J connectivity index is 2.10. The molecule has 0 aromatic heterocycles. The predicted octanol–water partition coefficient (Wildman–Crippen LogP) is 5.14. The Morgan fingerprint density at radius 2 is 1.60 bits per heavy atom. The molecular weight excluding hydrogens is 324 g/mol. The van der Waals surface area contributed by atoms with Crippen molar-refractivity contribution in [1.82, 2.24) is 5.32 Å². The Morgan fingerprint density at radius 3 is 2.20 bits per heavy atom. The van der Waals surface area contributed by atoms with Gasteiger partial charge in [-0.05, 0) is 37.6 Å². The van der Waals surface area contributed by atoms with Gasteiger partial charge in [0.05, 0.1) is 0 Å². The van der Waals surface area contributed by atoms with E-state index in [1.54, 1.807) is 0 Å². The molecule has 0 aliphatic carbocycles. The van der Waals surface area contributed by atoms with Gasteiger partial charge in [0, 0.05) is 28.2 Å². The van der Waals surface area contributed by atoms with E-state index in [2.05, 4.69) is 21.2 Å². The van der Waals surface area contributed by atoms with E-state index in [0.717, 1.165) is 16.1 Å². The van der Waals surface area contributed by atoms with Crippen molar-refractivity contribution in [1.29, 1.82) is 0 Å². The van der Waals surface area contributed by atoms with Crippen LogP contribution >= 0.6 is 15.9 Å². The molecule has 0 spiro atoms. The minimum Gasteiger partial charge on any atom is -0.304 e. The van der Waals surface area contributed by atoms with Crippen molar-refractivity contribution in [2.24, 2.45) is 0 Å². The minimum absolute atomic E-state index is 0.0718. The molecule has 0 aliphatic heterocycles. The smallest absolute Gasteiger partial charge is 0.130 e. The molecule has 0 heterocycles. The molecule has 0 saturated carbocycles. The van der Waals surface area contributed by atoms with Gasteiger partial charge in [0.15, 0.2) is 0 Å². The summed E-state index contributed by atoms with van der Waals surface area (Å²) in [6.45, 7) is 3.88. The molecule has 1 N–H and O–H groups in total. The zero-order chi connectivity index (χ0) is 14.7. The van der Waals surface area contributed by atoms with Crippen LogP contribution in [0.3, 0.4) is 0 Å². The molecule has 0 fully saturated rings. The zero-order valence-electron chi connectivity index (χ0n) is 11.3. The van der Waals surface area contributed by atoms with Crippen LogP contribution in [0.2, 0.25) is 0 Å². The van der Waals surface area contributed by atoms with Crippen LogP contribution in [0.25, 0.3) is 0 Å². The van der Waals surface area contributed by atoms with E-state index in [9.17, 15) is 8.78 Å². The zero-order valence-corrected chi connectivity index (χ0v) is 12.9. The number of halogens is 3. The molecule has 106 valence electrons. The van der Waals surface area contributed by atoms with Crippen LogP contribution < -0.4 is 5.32 Å². The topological polar surface area (TPSA) is 12.0 Å². The van der Waals surface area contributed by atoms with E-state index >= 15 is 0 Å². The van der Waals surface area contributed by atoms with E-state index in [1.807, 2.05) is 38.1 Å². The second kappa shape index (κ2) is 6.46. The maximum absolute atomic E-state index is 13.7. The lowest BCUT2D eigenvalue weighted by atomic mass is 10.0. The summed E-state index contributed by atoms with van der Waals surface area (Å²) in [5.74, 6) is -1.08. The van der Waals surface area contributed by atoms with Gasteiger partial charge in [0.1, 0.15) is 11.6 Å². The first-order valence-corrected chi connectivity index (χ1v) is 7.23. The van der Waals surface area contributed by atoms with Gasteiger partial charge in [-0.3, -0.25) is 0 Å². The second-order valence-corrected chi connectivity index (χ2v) is 5.74. The maximum Gasteiger partial charge on any atom is 0.130 e. The fourth-order valence-electron chi connectivity index (χ4n) is 2.17. The van der Waals surface area contributed by atoms with Crippen LogP contribution in [0.1, 0.15) is 37.1 Å². The monoisotopic (exact) mass is 339 g/mol. The van der Waals surface area contributed by atoms with Crippen molar-refractivity contribution in [3.63, 3.8) is 0 Å². The molecule has 2 unspecified atom stereocenters. The van der Waals surface area contributed by atoms with Gasteiger partial charge in [-0.1, -0.05) is 34.1 Å². The molecule has 4 heteroatoms. The fraction of sp³-hybridized carbons (Fsp3) is 0.250. The highest BCUT2D eigenvalue weighted by molar-refractivity contribution is 9.10. The van der Waals surface area contributed by atoms with Crippen molar-refractivity contribution in [2.75, 3.05) is 0 Å². The van der Waals surface area contributed by atoms with Gasteiger partial charge in [-0.15, -0.1) is 0 Å². The van der Waals surface area contributed by atoms with Crippen LogP contribution in [0, 0.1) is 11.6 Å². The van der Waals surface area contributed by atoms with Gasteiger partial charge < -0.3 is 5.32 Å². The normalized spacial score (nSPS) is 14.1. The van der Waals surface area contributed by atoms with Gasteiger partial charge in [-0.25, -0.2) is 8.78 Å². The third kappa shape index (κ3) is 3.64. The summed E-state index contributed by atoms with van der Waals surface area (Å²) >= 11 is 3.39. The van der Waals surface area contributed by atoms with E-state index in [-0.39, 0.29) is 12.1 Å². The van der Waals surface area contributed by atoms with Crippen LogP contribution in [-0.4, -0.2) is 0 Å². The third-order valence-electron chi connectivity index (χ3n) is 3.30. The average molecular weight is 340 g/mol. The van der Waals surface area contributed by atoms with E-state index in [0.29, 0.717) is 5.56 Å². The Hall–Kier alpha value is -1.26. The van der Waals surface area contributed by atoms with Crippen LogP contribution in [0.4, 0.5) is 8.78 Å². The largest absolute Gasteiger partial charge is 0.304 e. The Morgan fingerprint density at radius 1 is 0.950 bits per heavy atom. The lowest BCUT2D eigenvalue weighted by molar-refractivity contribution is 0.470. The standard InChI is InChI=1S/C16H16BrF2N/c1-10(12-3-5-13(17)6-4-12)20-11(2)15-8-7-14(18)9-16(15)19/h3-11,20H,1-2H3. The Bertz CT molecular complexity index is 584. The highest BCUT2D eigenvalue weighted by Crippen LogP contribution is 2.23. The molecule has 2 aromatic rings. The molecule has 0 bridgehead atoms. The lowest BCUT2D eigenvalue weighted by Crippen LogP contribution is -2.23. The summed E-state index contributed by atoms with van der Waals surface area (Å²) in [4.78, 5) is 0. The number of hydrogen-bond acceptors (Lipinski definition) is 1. The predicted molar refractivity (Wildman–Crippen MR) is 80.5 cm³/mol. The average Bonchev–Trinajstić information content (AvgIpc) is 2.39. The molecule has 20 heavy (non-hydrogen) atoms. The quantitative estimate of drug-likeness (QED) is 0.813. The van der Waals surface area contributed by atoms with Crippen LogP contribution in [0.15, 0.2) is 46.9 Å². The van der Waals surface area contributed by atoms with Gasteiger partial charge >= 0.3 is 0 Å². The van der Waals surface area contributed by atoms with Gasteiger partial charge in [0.2, 0.25) is 0 Å². The first-order chi connectivity index (χ1) is 9.47. The molecule has 2 atom stereocenters. The van der Waals surface area contributed by atoms with Crippen molar-refractivity contribution < 1.29 is 8.78 Å². The molecule has 2 aromatic carbocycles. The van der Waals surface area contributed by atoms with Gasteiger partial charge in [0.25, 0.3) is 0 Å². The molecule has 0 radical (unpaired) electrons. The maximum atomic E-state index is 13.7. The minimum atomic E-state index is -0.556. The summed E-state index contributed by atoms with van der Waals surface area (Å²) < 4.78 is 27.7. The fourth-order valence-corrected chi connectivity index (χ4v) is 2.43. The number of rotatable bonds is 4. The first kappa shape index (κ1) is 15.1. The van der Waals surface area contributed by atoms with E-state index in [1.165, 1.54) is 12.1 Å². The summed E-state index contributed by atoms with van der Waals surface area (Å²) in [6, 6.07) is 11.5. The lowest BCUT2D eigenvalue weighted by Gasteiger charge is -2.21. The Kier molecular flexibility index (Phi) is 4.89. The van der Waals surface area contributed by atoms with Crippen LogP contribution in [0.5, 0.6) is 0 Å². The second-order valence-electron chi connectivity index (χ2n) is 4.83. The molecule has 0 aliphatic rings. The molecule has 0 amide bonds. The third-order valence-corrected chi connectivity index (χ3v) is 3.83. The van der Waals surface area contributed by atoms with Crippen molar-refractivity contribution in [3.05, 3.63) is 69.7 Å². The summed E-state index contributed by atoms with van der Waals surface area (Å²) in [5.41, 5.74) is 1.58. The SMILES string of the molecule is CC(NC(C)c1ccc(F)cc1F)c1ccc(Br)cc1. The van der Waals surface area contributed by atoms with Crippen molar-refractivity contribution in [3.8, 4) is 0 Å². The van der Waals surface area contributed by atoms with Crippen molar-refractivity contribution >= 4 is 15.9 Å². The summed E-state index contributed by atoms with van der Waals surface area (Å²) in [5, 5.41) is 3.31. The molecule has 1 nitrogen and oxygen atoms in total. The highest BCUT2D eigenvalue weighted by Gasteiger charge is 2.14. The van der Waals surface area contributed by atoms with Crippen LogP contribution in [-0.2, 0) is 0 Å². The van der Waals surface area contributed by atoms with Gasteiger partial charge in [-0.2, -0.15) is 0 Å². The molecule has 0 saturated heterocycles. The first-order valence-electron chi connectivity index (χ1n) is 6.44. The highest BCUT2D eigenvalue weighted by atomic mass is 79.9. The summed E-state index contributed by atoms with van der Waals surface area (Å²) in [7, 11) is 0. The van der Waals surface area contributed by atoms with E-state index < -0.39 is 11.6 Å². The molecular formula is C16H16BrF2N. The summed E-state index contributed by atoms with van der Waals surface area (Å²) in [6.07, 6.45) is 0. The van der Waals surface area contributed by atoms with E-state index in [4.69, 9.17) is 0 Å².